The predicted molar refractivity (Wildman–Crippen MR) is 58.9 cm³/mol. The molecule has 0 bridgehead atoms. The van der Waals surface area contributed by atoms with Gasteiger partial charge in [-0.25, -0.2) is 0 Å². The average Bonchev–Trinajstić information content (AvgIpc) is 2.71. The molecule has 0 N–H and O–H groups in total. The highest BCUT2D eigenvalue weighted by Crippen LogP contribution is 2.37. The molecule has 1 aromatic rings. The third-order valence-electron chi connectivity index (χ3n) is 3.13. The zero-order valence-electron chi connectivity index (χ0n) is 9.18. The number of rotatable bonds is 2. The smallest absolute Gasteiger partial charge is 0.316 e. The largest absolute Gasteiger partial charge is 0.468 e. The second kappa shape index (κ2) is 4.47. The summed E-state index contributed by atoms with van der Waals surface area (Å²) in [5.41, 5.74) is 1.05. The molecule has 0 aliphatic heterocycles. The van der Waals surface area contributed by atoms with Crippen molar-refractivity contribution >= 4 is 11.8 Å². The molecule has 1 aliphatic carbocycles. The van der Waals surface area contributed by atoms with Crippen LogP contribution in [0.3, 0.4) is 0 Å². The third kappa shape index (κ3) is 1.85. The number of hydrogen-bond acceptors (Lipinski definition) is 3. The maximum absolute atomic E-state index is 11.7. The molecule has 0 unspecified atom stereocenters. The first-order chi connectivity index (χ1) is 7.74. The van der Waals surface area contributed by atoms with E-state index in [0.717, 1.165) is 12.0 Å². The van der Waals surface area contributed by atoms with E-state index in [0.29, 0.717) is 6.42 Å². The highest BCUT2D eigenvalue weighted by Gasteiger charge is 2.41. The number of hydrogen-bond donors (Lipinski definition) is 0. The number of ketones is 1. The summed E-state index contributed by atoms with van der Waals surface area (Å²) < 4.78 is 4.70. The van der Waals surface area contributed by atoms with Crippen molar-refractivity contribution in [1.82, 2.24) is 0 Å². The van der Waals surface area contributed by atoms with Crippen molar-refractivity contribution in [3.8, 4) is 0 Å². The van der Waals surface area contributed by atoms with Crippen molar-refractivity contribution in [2.75, 3.05) is 7.11 Å². The van der Waals surface area contributed by atoms with Gasteiger partial charge in [0.2, 0.25) is 0 Å². The molecule has 1 aromatic carbocycles. The molecular weight excluding hydrogens is 204 g/mol. The molecule has 2 atom stereocenters. The van der Waals surface area contributed by atoms with Gasteiger partial charge in [-0.1, -0.05) is 30.3 Å². The number of esters is 1. The summed E-state index contributed by atoms with van der Waals surface area (Å²) in [4.78, 5) is 23.2. The quantitative estimate of drug-likeness (QED) is 0.562. The molecular formula is C13H14O3. The topological polar surface area (TPSA) is 43.4 Å². The van der Waals surface area contributed by atoms with E-state index in [1.165, 1.54) is 7.11 Å². The lowest BCUT2D eigenvalue weighted by atomic mass is 9.89. The third-order valence-corrected chi connectivity index (χ3v) is 3.13. The lowest BCUT2D eigenvalue weighted by Crippen LogP contribution is -2.25. The van der Waals surface area contributed by atoms with Crippen LogP contribution in [0.2, 0.25) is 0 Å². The van der Waals surface area contributed by atoms with E-state index >= 15 is 0 Å². The normalized spacial score (nSPS) is 24.4. The Balaban J connectivity index is 2.28. The van der Waals surface area contributed by atoms with Gasteiger partial charge in [-0.05, 0) is 12.0 Å². The summed E-state index contributed by atoms with van der Waals surface area (Å²) in [6.45, 7) is 0. The Bertz CT molecular complexity index is 397. The van der Waals surface area contributed by atoms with Gasteiger partial charge in [0.1, 0.15) is 11.7 Å². The van der Waals surface area contributed by atoms with Crippen LogP contribution in [-0.4, -0.2) is 18.9 Å². The van der Waals surface area contributed by atoms with Gasteiger partial charge in [0, 0.05) is 12.3 Å². The first-order valence-corrected chi connectivity index (χ1v) is 5.39. The van der Waals surface area contributed by atoms with Crippen LogP contribution in [0.4, 0.5) is 0 Å². The molecule has 3 nitrogen and oxygen atoms in total. The monoisotopic (exact) mass is 218 g/mol. The van der Waals surface area contributed by atoms with Gasteiger partial charge in [-0.15, -0.1) is 0 Å². The second-order valence-corrected chi connectivity index (χ2v) is 4.02. The molecule has 1 aliphatic rings. The SMILES string of the molecule is COC(=O)[C@H]1C(=O)CC[C@@H]1c1ccccc1. The van der Waals surface area contributed by atoms with Crippen molar-refractivity contribution in [3.05, 3.63) is 35.9 Å². The summed E-state index contributed by atoms with van der Waals surface area (Å²) in [6.07, 6.45) is 1.21. The minimum Gasteiger partial charge on any atom is -0.468 e. The number of ether oxygens (including phenoxy) is 1. The van der Waals surface area contributed by atoms with E-state index in [1.807, 2.05) is 30.3 Å². The van der Waals surface area contributed by atoms with Gasteiger partial charge in [0.05, 0.1) is 7.11 Å². The van der Waals surface area contributed by atoms with Gasteiger partial charge in [0.15, 0.2) is 0 Å². The van der Waals surface area contributed by atoms with Crippen LogP contribution in [0, 0.1) is 5.92 Å². The molecule has 3 heteroatoms. The van der Waals surface area contributed by atoms with E-state index in [1.54, 1.807) is 0 Å². The Kier molecular flexibility index (Phi) is 3.04. The number of benzene rings is 1. The molecule has 0 radical (unpaired) electrons. The second-order valence-electron chi connectivity index (χ2n) is 4.02. The highest BCUT2D eigenvalue weighted by molar-refractivity contribution is 6.01. The van der Waals surface area contributed by atoms with Crippen LogP contribution in [0.5, 0.6) is 0 Å². The van der Waals surface area contributed by atoms with Crippen molar-refractivity contribution in [2.45, 2.75) is 18.8 Å². The minimum atomic E-state index is -0.604. The molecule has 0 saturated heterocycles. The van der Waals surface area contributed by atoms with Crippen LogP contribution in [0.25, 0.3) is 0 Å². The van der Waals surface area contributed by atoms with Crippen LogP contribution in [0.1, 0.15) is 24.3 Å². The summed E-state index contributed by atoms with van der Waals surface area (Å²) in [6, 6.07) is 9.69. The molecule has 0 heterocycles. The summed E-state index contributed by atoms with van der Waals surface area (Å²) in [7, 11) is 1.33. The molecule has 16 heavy (non-hydrogen) atoms. The minimum absolute atomic E-state index is 0.000651. The van der Waals surface area contributed by atoms with E-state index in [9.17, 15) is 9.59 Å². The van der Waals surface area contributed by atoms with Gasteiger partial charge < -0.3 is 4.74 Å². The van der Waals surface area contributed by atoms with E-state index < -0.39 is 11.9 Å². The molecule has 84 valence electrons. The van der Waals surface area contributed by atoms with Crippen LogP contribution in [-0.2, 0) is 14.3 Å². The standard InChI is InChI=1S/C13H14O3/c1-16-13(15)12-10(7-8-11(12)14)9-5-3-2-4-6-9/h2-6,10,12H,7-8H2,1H3/t10-,12-/m1/s1. The van der Waals surface area contributed by atoms with Crippen molar-refractivity contribution in [3.63, 3.8) is 0 Å². The predicted octanol–water partition coefficient (Wildman–Crippen LogP) is 1.92. The Morgan fingerprint density at radius 3 is 2.62 bits per heavy atom. The fourth-order valence-corrected chi connectivity index (χ4v) is 2.33. The van der Waals surface area contributed by atoms with E-state index in [4.69, 9.17) is 4.74 Å². The lowest BCUT2D eigenvalue weighted by molar-refractivity contribution is -0.148. The van der Waals surface area contributed by atoms with Gasteiger partial charge >= 0.3 is 5.97 Å². The number of Topliss-reactive ketones (excluding diaryl/α,β-unsaturated/α-hetero) is 1. The zero-order valence-corrected chi connectivity index (χ0v) is 9.18. The molecule has 1 saturated carbocycles. The maximum Gasteiger partial charge on any atom is 0.316 e. The van der Waals surface area contributed by atoms with Crippen LogP contribution >= 0.6 is 0 Å². The first kappa shape index (κ1) is 10.9. The number of carbonyl (C=O) groups excluding carboxylic acids is 2. The number of carbonyl (C=O) groups is 2. The van der Waals surface area contributed by atoms with Gasteiger partial charge in [-0.2, -0.15) is 0 Å². The first-order valence-electron chi connectivity index (χ1n) is 5.39. The average molecular weight is 218 g/mol. The van der Waals surface area contributed by atoms with E-state index in [2.05, 4.69) is 0 Å². The molecule has 2 rings (SSSR count). The van der Waals surface area contributed by atoms with E-state index in [-0.39, 0.29) is 11.7 Å². The van der Waals surface area contributed by atoms with Gasteiger partial charge in [-0.3, -0.25) is 9.59 Å². The van der Waals surface area contributed by atoms with Crippen molar-refractivity contribution < 1.29 is 14.3 Å². The molecule has 1 fully saturated rings. The Morgan fingerprint density at radius 2 is 2.00 bits per heavy atom. The van der Waals surface area contributed by atoms with Crippen molar-refractivity contribution in [2.24, 2.45) is 5.92 Å². The molecule has 0 spiro atoms. The fourth-order valence-electron chi connectivity index (χ4n) is 2.33. The maximum atomic E-state index is 11.7. The van der Waals surface area contributed by atoms with Crippen molar-refractivity contribution in [1.29, 1.82) is 0 Å². The Hall–Kier alpha value is -1.64. The summed E-state index contributed by atoms with van der Waals surface area (Å²) >= 11 is 0. The Morgan fingerprint density at radius 1 is 1.31 bits per heavy atom. The summed E-state index contributed by atoms with van der Waals surface area (Å²) in [5, 5.41) is 0. The van der Waals surface area contributed by atoms with Crippen LogP contribution in [0.15, 0.2) is 30.3 Å². The molecule has 0 amide bonds. The summed E-state index contributed by atoms with van der Waals surface area (Å²) in [5.74, 6) is -1.02. The lowest BCUT2D eigenvalue weighted by Gasteiger charge is -2.16. The Labute approximate surface area is 94.4 Å². The van der Waals surface area contributed by atoms with Crippen LogP contribution < -0.4 is 0 Å². The fraction of sp³-hybridized carbons (Fsp3) is 0.385. The molecule has 0 aromatic heterocycles. The number of methoxy groups -OCH3 is 1. The highest BCUT2D eigenvalue weighted by atomic mass is 16.5. The van der Waals surface area contributed by atoms with Gasteiger partial charge in [0.25, 0.3) is 0 Å². The zero-order chi connectivity index (χ0) is 11.5.